The summed E-state index contributed by atoms with van der Waals surface area (Å²) in [5.74, 6) is -0.394. The summed E-state index contributed by atoms with van der Waals surface area (Å²) in [5, 5.41) is 0. The first-order valence-electron chi connectivity index (χ1n) is 6.29. The van der Waals surface area contributed by atoms with E-state index in [1.807, 2.05) is 0 Å². The molecule has 0 amide bonds. The third-order valence-electron chi connectivity index (χ3n) is 3.18. The molecular weight excluding hydrogens is 292 g/mol. The molecule has 2 atom stereocenters. The van der Waals surface area contributed by atoms with Crippen molar-refractivity contribution in [3.8, 4) is 24.7 Å². The lowest BCUT2D eigenvalue weighted by Gasteiger charge is -2.19. The van der Waals surface area contributed by atoms with Gasteiger partial charge in [-0.05, 0) is 35.4 Å². The summed E-state index contributed by atoms with van der Waals surface area (Å²) in [6.45, 7) is 0. The average Bonchev–Trinajstić information content (AvgIpc) is 2.42. The molecule has 0 heterocycles. The van der Waals surface area contributed by atoms with Gasteiger partial charge in [0.15, 0.2) is 0 Å². The van der Waals surface area contributed by atoms with E-state index >= 15 is 0 Å². The molecule has 0 aliphatic rings. The Hall–Kier alpha value is -2.72. The van der Waals surface area contributed by atoms with Gasteiger partial charge in [0, 0.05) is 12.1 Å². The van der Waals surface area contributed by atoms with Gasteiger partial charge in [-0.2, -0.15) is 0 Å². The van der Waals surface area contributed by atoms with Gasteiger partial charge in [-0.15, -0.1) is 12.8 Å². The summed E-state index contributed by atoms with van der Waals surface area (Å²) < 4.78 is 53.4. The fourth-order valence-electron chi connectivity index (χ4n) is 2.28. The van der Waals surface area contributed by atoms with Crippen molar-refractivity contribution in [2.24, 2.45) is 0 Å². The topological polar surface area (TPSA) is 0 Å². The van der Waals surface area contributed by atoms with E-state index in [0.29, 0.717) is 12.1 Å². The van der Waals surface area contributed by atoms with Crippen LogP contribution in [0.2, 0.25) is 0 Å². The molecule has 2 rings (SSSR count). The number of halogens is 4. The van der Waals surface area contributed by atoms with Crippen molar-refractivity contribution >= 4 is 0 Å². The molecular formula is C18H10F4. The molecule has 0 aromatic heterocycles. The van der Waals surface area contributed by atoms with Crippen LogP contribution in [-0.4, -0.2) is 0 Å². The van der Waals surface area contributed by atoms with Gasteiger partial charge < -0.3 is 0 Å². The molecule has 110 valence electrons. The summed E-state index contributed by atoms with van der Waals surface area (Å²) in [6.07, 6.45) is 10.8. The zero-order valence-corrected chi connectivity index (χ0v) is 11.3. The highest BCUT2D eigenvalue weighted by Gasteiger charge is 2.23. The van der Waals surface area contributed by atoms with Crippen molar-refractivity contribution in [3.05, 3.63) is 70.8 Å². The molecule has 0 nitrogen and oxygen atoms in total. The number of hydrogen-bond acceptors (Lipinski definition) is 0. The van der Waals surface area contributed by atoms with Crippen molar-refractivity contribution in [1.29, 1.82) is 0 Å². The van der Waals surface area contributed by atoms with Crippen molar-refractivity contribution < 1.29 is 17.6 Å². The maximum absolute atomic E-state index is 13.3. The molecule has 22 heavy (non-hydrogen) atoms. The summed E-state index contributed by atoms with van der Waals surface area (Å²) in [5.41, 5.74) is 0.264. The van der Waals surface area contributed by atoms with Gasteiger partial charge in [-0.1, -0.05) is 11.8 Å². The third-order valence-corrected chi connectivity index (χ3v) is 3.18. The molecule has 2 aromatic carbocycles. The van der Waals surface area contributed by atoms with Crippen LogP contribution in [0.5, 0.6) is 0 Å². The first kappa shape index (κ1) is 15.7. The Bertz CT molecular complexity index is 673. The molecule has 0 aliphatic carbocycles. The van der Waals surface area contributed by atoms with E-state index in [1.54, 1.807) is 0 Å². The Morgan fingerprint density at radius 2 is 0.864 bits per heavy atom. The Morgan fingerprint density at radius 1 is 0.591 bits per heavy atom. The standard InChI is InChI=1S/C18H10F4/c1-3-17(11-5-13(19)9-14(20)6-11)18(4-2)12-7-15(21)10-16(22)8-12/h1-2,5-10,17-18H/t17-,18-/m0/s1. The monoisotopic (exact) mass is 302 g/mol. The fourth-order valence-corrected chi connectivity index (χ4v) is 2.28. The largest absolute Gasteiger partial charge is 0.207 e. The van der Waals surface area contributed by atoms with E-state index in [-0.39, 0.29) is 11.1 Å². The molecule has 2 aromatic rings. The highest BCUT2D eigenvalue weighted by atomic mass is 19.1. The lowest BCUT2D eigenvalue weighted by atomic mass is 9.82. The van der Waals surface area contributed by atoms with Crippen molar-refractivity contribution in [2.45, 2.75) is 11.8 Å². The van der Waals surface area contributed by atoms with Crippen LogP contribution in [0.15, 0.2) is 36.4 Å². The Balaban J connectivity index is 2.52. The van der Waals surface area contributed by atoms with Crippen LogP contribution in [0.3, 0.4) is 0 Å². The van der Waals surface area contributed by atoms with E-state index in [4.69, 9.17) is 12.8 Å². The van der Waals surface area contributed by atoms with Gasteiger partial charge >= 0.3 is 0 Å². The number of hydrogen-bond donors (Lipinski definition) is 0. The van der Waals surface area contributed by atoms with Gasteiger partial charge in [0.25, 0.3) is 0 Å². The fraction of sp³-hybridized carbons (Fsp3) is 0.111. The first-order valence-corrected chi connectivity index (χ1v) is 6.29. The first-order chi connectivity index (χ1) is 10.4. The molecule has 0 aliphatic heterocycles. The van der Waals surface area contributed by atoms with Crippen LogP contribution in [0.25, 0.3) is 0 Å². The molecule has 0 saturated carbocycles. The molecule has 0 saturated heterocycles. The van der Waals surface area contributed by atoms with Gasteiger partial charge in [-0.25, -0.2) is 17.6 Å². The Morgan fingerprint density at radius 3 is 1.09 bits per heavy atom. The molecule has 0 bridgehead atoms. The van der Waals surface area contributed by atoms with E-state index in [2.05, 4.69) is 11.8 Å². The van der Waals surface area contributed by atoms with Crippen LogP contribution >= 0.6 is 0 Å². The smallest absolute Gasteiger partial charge is 0.126 e. The van der Waals surface area contributed by atoms with E-state index in [1.165, 1.54) is 0 Å². The summed E-state index contributed by atoms with van der Waals surface area (Å²) >= 11 is 0. The van der Waals surface area contributed by atoms with Gasteiger partial charge in [-0.3, -0.25) is 0 Å². The van der Waals surface area contributed by atoms with Gasteiger partial charge in [0.1, 0.15) is 23.3 Å². The van der Waals surface area contributed by atoms with Crippen LogP contribution in [0.4, 0.5) is 17.6 Å². The summed E-state index contributed by atoms with van der Waals surface area (Å²) in [4.78, 5) is 0. The minimum atomic E-state index is -0.920. The third kappa shape index (κ3) is 3.30. The molecule has 0 radical (unpaired) electrons. The number of rotatable bonds is 3. The number of benzene rings is 2. The van der Waals surface area contributed by atoms with Gasteiger partial charge in [0.2, 0.25) is 0 Å². The maximum Gasteiger partial charge on any atom is 0.126 e. The zero-order valence-electron chi connectivity index (χ0n) is 11.3. The molecule has 0 unspecified atom stereocenters. The van der Waals surface area contributed by atoms with E-state index in [9.17, 15) is 17.6 Å². The summed E-state index contributed by atoms with van der Waals surface area (Å²) in [7, 11) is 0. The lowest BCUT2D eigenvalue weighted by molar-refractivity contribution is 0.570. The second-order valence-electron chi connectivity index (χ2n) is 4.69. The van der Waals surface area contributed by atoms with Crippen LogP contribution < -0.4 is 0 Å². The quantitative estimate of drug-likeness (QED) is 0.583. The summed E-state index contributed by atoms with van der Waals surface area (Å²) in [6, 6.07) is 5.59. The zero-order chi connectivity index (χ0) is 16.3. The molecule has 0 N–H and O–H groups in total. The predicted molar refractivity (Wildman–Crippen MR) is 75.9 cm³/mol. The minimum Gasteiger partial charge on any atom is -0.207 e. The Kier molecular flexibility index (Phi) is 4.53. The van der Waals surface area contributed by atoms with Crippen LogP contribution in [0, 0.1) is 48.0 Å². The minimum absolute atomic E-state index is 0.132. The van der Waals surface area contributed by atoms with E-state index < -0.39 is 35.1 Å². The highest BCUT2D eigenvalue weighted by molar-refractivity contribution is 5.40. The van der Waals surface area contributed by atoms with Crippen LogP contribution in [-0.2, 0) is 0 Å². The average molecular weight is 302 g/mol. The lowest BCUT2D eigenvalue weighted by Crippen LogP contribution is -2.10. The second kappa shape index (κ2) is 6.37. The Labute approximate surface area is 125 Å². The van der Waals surface area contributed by atoms with Crippen molar-refractivity contribution in [2.75, 3.05) is 0 Å². The molecule has 0 fully saturated rings. The van der Waals surface area contributed by atoms with Gasteiger partial charge in [0.05, 0.1) is 11.8 Å². The van der Waals surface area contributed by atoms with Crippen molar-refractivity contribution in [1.82, 2.24) is 0 Å². The normalized spacial score (nSPS) is 13.0. The highest BCUT2D eigenvalue weighted by Crippen LogP contribution is 2.33. The van der Waals surface area contributed by atoms with Crippen LogP contribution in [0.1, 0.15) is 23.0 Å². The molecule has 0 spiro atoms. The maximum atomic E-state index is 13.3. The number of terminal acetylenes is 2. The predicted octanol–water partition coefficient (Wildman–Crippen LogP) is 4.38. The second-order valence-corrected chi connectivity index (χ2v) is 4.69. The van der Waals surface area contributed by atoms with Crippen molar-refractivity contribution in [3.63, 3.8) is 0 Å². The molecule has 4 heteroatoms. The van der Waals surface area contributed by atoms with E-state index in [0.717, 1.165) is 24.3 Å². The SMILES string of the molecule is C#C[C@@H](c1cc(F)cc(F)c1)[C@@H](C#C)c1cc(F)cc(F)c1.